The van der Waals surface area contributed by atoms with Gasteiger partial charge in [0.1, 0.15) is 0 Å². The zero-order valence-corrected chi connectivity index (χ0v) is 12.8. The van der Waals surface area contributed by atoms with E-state index in [9.17, 15) is 0 Å². The van der Waals surface area contributed by atoms with Gasteiger partial charge < -0.3 is 5.73 Å². The van der Waals surface area contributed by atoms with E-state index in [4.69, 9.17) is 5.73 Å². The molecule has 2 aromatic heterocycles. The first kappa shape index (κ1) is 13.8. The molecule has 1 atom stereocenters. The van der Waals surface area contributed by atoms with Crippen LogP contribution in [0.1, 0.15) is 17.7 Å². The van der Waals surface area contributed by atoms with Crippen LogP contribution in [0.25, 0.3) is 10.4 Å². The lowest BCUT2D eigenvalue weighted by Crippen LogP contribution is -2.37. The SMILES string of the molecule is Cn1cc(-c2ccc(CN3CCCC(CN)C3)s2)cn1. The first-order valence-corrected chi connectivity index (χ1v) is 8.06. The summed E-state index contributed by atoms with van der Waals surface area (Å²) in [5.41, 5.74) is 7.02. The van der Waals surface area contributed by atoms with E-state index in [2.05, 4.69) is 28.3 Å². The second-order valence-corrected chi connectivity index (χ2v) is 6.82. The number of nitrogens with two attached hydrogens (primary N) is 1. The van der Waals surface area contributed by atoms with Gasteiger partial charge in [0.05, 0.1) is 6.20 Å². The van der Waals surface area contributed by atoms with E-state index >= 15 is 0 Å². The van der Waals surface area contributed by atoms with Gasteiger partial charge in [-0.15, -0.1) is 11.3 Å². The van der Waals surface area contributed by atoms with Crippen LogP contribution in [-0.4, -0.2) is 34.3 Å². The Labute approximate surface area is 124 Å². The van der Waals surface area contributed by atoms with E-state index in [0.717, 1.165) is 19.6 Å². The molecule has 3 rings (SSSR count). The topological polar surface area (TPSA) is 47.1 Å². The van der Waals surface area contributed by atoms with Crippen molar-refractivity contribution in [1.29, 1.82) is 0 Å². The van der Waals surface area contributed by atoms with Crippen LogP contribution in [0.4, 0.5) is 0 Å². The van der Waals surface area contributed by atoms with Crippen molar-refractivity contribution in [2.24, 2.45) is 18.7 Å². The summed E-state index contributed by atoms with van der Waals surface area (Å²) in [6, 6.07) is 4.46. The lowest BCUT2D eigenvalue weighted by Gasteiger charge is -2.31. The molecule has 1 aliphatic rings. The molecule has 1 saturated heterocycles. The van der Waals surface area contributed by atoms with Crippen molar-refractivity contribution in [1.82, 2.24) is 14.7 Å². The minimum atomic E-state index is 0.682. The van der Waals surface area contributed by atoms with Gasteiger partial charge in [-0.05, 0) is 44.0 Å². The highest BCUT2D eigenvalue weighted by Crippen LogP contribution is 2.29. The molecule has 1 fully saturated rings. The maximum Gasteiger partial charge on any atom is 0.0576 e. The van der Waals surface area contributed by atoms with E-state index in [1.54, 1.807) is 0 Å². The highest BCUT2D eigenvalue weighted by molar-refractivity contribution is 7.15. The fourth-order valence-electron chi connectivity index (χ4n) is 2.87. The zero-order chi connectivity index (χ0) is 13.9. The summed E-state index contributed by atoms with van der Waals surface area (Å²) in [5.74, 6) is 0.682. The third-order valence-electron chi connectivity index (χ3n) is 3.97. The van der Waals surface area contributed by atoms with Gasteiger partial charge in [0.15, 0.2) is 0 Å². The van der Waals surface area contributed by atoms with Gasteiger partial charge in [0, 0.05) is 41.7 Å². The third-order valence-corrected chi connectivity index (χ3v) is 5.09. The van der Waals surface area contributed by atoms with E-state index in [0.29, 0.717) is 5.92 Å². The molecule has 0 amide bonds. The minimum absolute atomic E-state index is 0.682. The molecule has 2 aromatic rings. The van der Waals surface area contributed by atoms with E-state index in [1.807, 2.05) is 29.3 Å². The van der Waals surface area contributed by atoms with Gasteiger partial charge >= 0.3 is 0 Å². The maximum absolute atomic E-state index is 5.81. The summed E-state index contributed by atoms with van der Waals surface area (Å²) in [6.07, 6.45) is 6.57. The minimum Gasteiger partial charge on any atom is -0.330 e. The lowest BCUT2D eigenvalue weighted by atomic mass is 9.98. The third kappa shape index (κ3) is 3.11. The van der Waals surface area contributed by atoms with E-state index < -0.39 is 0 Å². The van der Waals surface area contributed by atoms with Crippen LogP contribution in [0.2, 0.25) is 0 Å². The summed E-state index contributed by atoms with van der Waals surface area (Å²) in [4.78, 5) is 5.28. The molecule has 5 heteroatoms. The van der Waals surface area contributed by atoms with Crippen molar-refractivity contribution in [2.45, 2.75) is 19.4 Å². The standard InChI is InChI=1S/C15H22N4S/c1-18-10-13(8-17-18)15-5-4-14(20-15)11-19-6-2-3-12(7-16)9-19/h4-5,8,10,12H,2-3,6-7,9,11,16H2,1H3. The molecule has 3 heterocycles. The number of rotatable bonds is 4. The number of hydrogen-bond donors (Lipinski definition) is 1. The normalized spacial score (nSPS) is 20.4. The molecule has 0 saturated carbocycles. The van der Waals surface area contributed by atoms with Crippen molar-refractivity contribution in [3.8, 4) is 10.4 Å². The number of thiophene rings is 1. The highest BCUT2D eigenvalue weighted by atomic mass is 32.1. The van der Waals surface area contributed by atoms with Gasteiger partial charge in [-0.1, -0.05) is 0 Å². The van der Waals surface area contributed by atoms with E-state index in [-0.39, 0.29) is 0 Å². The monoisotopic (exact) mass is 290 g/mol. The zero-order valence-electron chi connectivity index (χ0n) is 12.0. The van der Waals surface area contributed by atoms with Gasteiger partial charge in [-0.3, -0.25) is 9.58 Å². The average molecular weight is 290 g/mol. The molecule has 1 aliphatic heterocycles. The van der Waals surface area contributed by atoms with Gasteiger partial charge in [-0.2, -0.15) is 5.10 Å². The number of nitrogens with zero attached hydrogens (tertiary/aromatic N) is 3. The highest BCUT2D eigenvalue weighted by Gasteiger charge is 2.19. The van der Waals surface area contributed by atoms with Crippen molar-refractivity contribution >= 4 is 11.3 Å². The summed E-state index contributed by atoms with van der Waals surface area (Å²) in [6.45, 7) is 4.23. The van der Waals surface area contributed by atoms with Gasteiger partial charge in [0.25, 0.3) is 0 Å². The van der Waals surface area contributed by atoms with Crippen LogP contribution in [0.5, 0.6) is 0 Å². The van der Waals surface area contributed by atoms with Crippen LogP contribution in [0, 0.1) is 5.92 Å². The Bertz CT molecular complexity index is 560. The summed E-state index contributed by atoms with van der Waals surface area (Å²) >= 11 is 1.88. The van der Waals surface area contributed by atoms with Crippen LogP contribution < -0.4 is 5.73 Å². The molecule has 2 N–H and O–H groups in total. The smallest absolute Gasteiger partial charge is 0.0576 e. The number of aryl methyl sites for hydroxylation is 1. The fraction of sp³-hybridized carbons (Fsp3) is 0.533. The Balaban J connectivity index is 1.65. The molecule has 1 unspecified atom stereocenters. The Morgan fingerprint density at radius 3 is 3.10 bits per heavy atom. The Hall–Kier alpha value is -1.17. The summed E-state index contributed by atoms with van der Waals surface area (Å²) in [7, 11) is 1.96. The molecule has 0 aliphatic carbocycles. The molecule has 0 radical (unpaired) electrons. The van der Waals surface area contributed by atoms with Crippen molar-refractivity contribution in [3.05, 3.63) is 29.4 Å². The van der Waals surface area contributed by atoms with Crippen molar-refractivity contribution in [3.63, 3.8) is 0 Å². The van der Waals surface area contributed by atoms with Crippen molar-refractivity contribution in [2.75, 3.05) is 19.6 Å². The van der Waals surface area contributed by atoms with Crippen LogP contribution in [0.15, 0.2) is 24.5 Å². The molecule has 4 nitrogen and oxygen atoms in total. The first-order chi connectivity index (χ1) is 9.74. The molecule has 0 spiro atoms. The lowest BCUT2D eigenvalue weighted by molar-refractivity contribution is 0.172. The fourth-order valence-corrected chi connectivity index (χ4v) is 3.90. The van der Waals surface area contributed by atoms with Crippen molar-refractivity contribution < 1.29 is 0 Å². The predicted octanol–water partition coefficient (Wildman–Crippen LogP) is 2.32. The maximum atomic E-state index is 5.81. The molecule has 0 bridgehead atoms. The second kappa shape index (κ2) is 6.08. The van der Waals surface area contributed by atoms with Gasteiger partial charge in [-0.25, -0.2) is 0 Å². The number of aromatic nitrogens is 2. The van der Waals surface area contributed by atoms with Crippen LogP contribution in [0.3, 0.4) is 0 Å². The Morgan fingerprint density at radius 2 is 2.35 bits per heavy atom. The summed E-state index contributed by atoms with van der Waals surface area (Å²) < 4.78 is 1.85. The number of likely N-dealkylation sites (tertiary alicyclic amines) is 1. The molecular weight excluding hydrogens is 268 g/mol. The van der Waals surface area contributed by atoms with E-state index in [1.165, 1.54) is 34.7 Å². The average Bonchev–Trinajstić information content (AvgIpc) is 3.08. The number of piperidine rings is 1. The van der Waals surface area contributed by atoms with Crippen LogP contribution >= 0.6 is 11.3 Å². The second-order valence-electron chi connectivity index (χ2n) is 5.65. The summed E-state index contributed by atoms with van der Waals surface area (Å²) in [5, 5.41) is 4.24. The number of hydrogen-bond acceptors (Lipinski definition) is 4. The first-order valence-electron chi connectivity index (χ1n) is 7.25. The Morgan fingerprint density at radius 1 is 1.45 bits per heavy atom. The quantitative estimate of drug-likeness (QED) is 0.940. The Kier molecular flexibility index (Phi) is 4.19. The molecule has 20 heavy (non-hydrogen) atoms. The largest absolute Gasteiger partial charge is 0.330 e. The van der Waals surface area contributed by atoms with Gasteiger partial charge in [0.2, 0.25) is 0 Å². The molecule has 108 valence electrons. The molecule has 0 aromatic carbocycles. The molecular formula is C15H22N4S. The van der Waals surface area contributed by atoms with Crippen LogP contribution in [-0.2, 0) is 13.6 Å². The predicted molar refractivity (Wildman–Crippen MR) is 83.6 cm³/mol.